The van der Waals surface area contributed by atoms with Gasteiger partial charge in [0.25, 0.3) is 0 Å². The average molecular weight is 311 g/mol. The Morgan fingerprint density at radius 3 is 2.80 bits per heavy atom. The lowest BCUT2D eigenvalue weighted by atomic mass is 9.95. The summed E-state index contributed by atoms with van der Waals surface area (Å²) in [5, 5.41) is 4.21. The number of halogens is 1. The number of nitrogens with one attached hydrogen (secondary N) is 1. The minimum atomic E-state index is 0.421. The number of aromatic nitrogens is 1. The van der Waals surface area contributed by atoms with Crippen LogP contribution in [0.3, 0.4) is 0 Å². The van der Waals surface area contributed by atoms with E-state index < -0.39 is 0 Å². The Labute approximate surface area is 129 Å². The average Bonchev–Trinajstić information content (AvgIpc) is 2.96. The number of rotatable bonds is 8. The molecule has 5 heteroatoms. The fraction of sp³-hybridized carbons (Fsp3) is 0.400. The first kappa shape index (κ1) is 15.4. The van der Waals surface area contributed by atoms with Crippen LogP contribution in [-0.2, 0) is 11.2 Å². The van der Waals surface area contributed by atoms with Gasteiger partial charge in [0, 0.05) is 42.2 Å². The molecule has 0 aliphatic carbocycles. The Bertz CT molecular complexity index is 487. The van der Waals surface area contributed by atoms with E-state index >= 15 is 0 Å². The Hall–Kier alpha value is -0.940. The summed E-state index contributed by atoms with van der Waals surface area (Å²) in [5.74, 6) is 0.421. The molecule has 0 aliphatic heterocycles. The normalized spacial score (nSPS) is 12.5. The largest absolute Gasteiger partial charge is 0.383 e. The molecule has 1 atom stereocenters. The number of hydrogen-bond acceptors (Lipinski definition) is 4. The molecule has 1 heterocycles. The molecule has 0 amide bonds. The van der Waals surface area contributed by atoms with Crippen LogP contribution in [0.4, 0.5) is 0 Å². The first-order valence-electron chi connectivity index (χ1n) is 6.62. The molecular formula is C15H19ClN2OS. The van der Waals surface area contributed by atoms with Gasteiger partial charge in [0.1, 0.15) is 0 Å². The molecule has 1 unspecified atom stereocenters. The Kier molecular flexibility index (Phi) is 6.47. The third-order valence-electron chi connectivity index (χ3n) is 3.15. The Balaban J connectivity index is 2.00. The highest BCUT2D eigenvalue weighted by Gasteiger charge is 2.13. The maximum absolute atomic E-state index is 5.96. The second kappa shape index (κ2) is 8.37. The molecule has 1 N–H and O–H groups in total. The molecule has 3 nitrogen and oxygen atoms in total. The summed E-state index contributed by atoms with van der Waals surface area (Å²) in [6.07, 6.45) is 2.94. The van der Waals surface area contributed by atoms with Crippen molar-refractivity contribution in [3.8, 4) is 0 Å². The van der Waals surface area contributed by atoms with E-state index in [1.165, 1.54) is 10.4 Å². The van der Waals surface area contributed by atoms with Gasteiger partial charge in [-0.2, -0.15) is 0 Å². The molecular weight excluding hydrogens is 292 g/mol. The fourth-order valence-corrected chi connectivity index (χ4v) is 2.88. The van der Waals surface area contributed by atoms with Gasteiger partial charge in [-0.1, -0.05) is 23.7 Å². The predicted octanol–water partition coefficient (Wildman–Crippen LogP) is 3.36. The van der Waals surface area contributed by atoms with E-state index in [4.69, 9.17) is 16.3 Å². The topological polar surface area (TPSA) is 34.1 Å². The zero-order chi connectivity index (χ0) is 14.2. The fourth-order valence-electron chi connectivity index (χ4n) is 2.08. The predicted molar refractivity (Wildman–Crippen MR) is 84.8 cm³/mol. The number of methoxy groups -OCH3 is 1. The highest BCUT2D eigenvalue weighted by molar-refractivity contribution is 7.09. The number of nitrogens with zero attached hydrogens (tertiary/aromatic N) is 1. The number of thiazole rings is 1. The first-order chi connectivity index (χ1) is 9.79. The summed E-state index contributed by atoms with van der Waals surface area (Å²) >= 11 is 7.67. The summed E-state index contributed by atoms with van der Waals surface area (Å²) < 4.78 is 5.06. The van der Waals surface area contributed by atoms with Crippen molar-refractivity contribution < 1.29 is 4.74 Å². The molecule has 2 aromatic rings. The minimum Gasteiger partial charge on any atom is -0.383 e. The smallest absolute Gasteiger partial charge is 0.0794 e. The van der Waals surface area contributed by atoms with Crippen molar-refractivity contribution >= 4 is 22.9 Å². The van der Waals surface area contributed by atoms with Crippen LogP contribution >= 0.6 is 22.9 Å². The molecule has 0 saturated heterocycles. The van der Waals surface area contributed by atoms with Crippen molar-refractivity contribution in [2.45, 2.75) is 12.3 Å². The first-order valence-corrected chi connectivity index (χ1v) is 7.88. The van der Waals surface area contributed by atoms with Crippen LogP contribution < -0.4 is 5.32 Å². The quantitative estimate of drug-likeness (QED) is 0.759. The van der Waals surface area contributed by atoms with E-state index in [1.54, 1.807) is 18.4 Å². The van der Waals surface area contributed by atoms with Gasteiger partial charge in [-0.15, -0.1) is 11.3 Å². The molecule has 20 heavy (non-hydrogen) atoms. The molecule has 2 rings (SSSR count). The van der Waals surface area contributed by atoms with Gasteiger partial charge in [0.2, 0.25) is 0 Å². The van der Waals surface area contributed by atoms with Crippen LogP contribution in [0, 0.1) is 0 Å². The lowest BCUT2D eigenvalue weighted by Gasteiger charge is -2.17. The monoisotopic (exact) mass is 310 g/mol. The van der Waals surface area contributed by atoms with Crippen molar-refractivity contribution in [3.63, 3.8) is 0 Å². The molecule has 1 aromatic carbocycles. The summed E-state index contributed by atoms with van der Waals surface area (Å²) in [5.41, 5.74) is 3.18. The van der Waals surface area contributed by atoms with Crippen LogP contribution in [0.5, 0.6) is 0 Å². The van der Waals surface area contributed by atoms with Gasteiger partial charge < -0.3 is 10.1 Å². The van der Waals surface area contributed by atoms with Crippen molar-refractivity contribution in [1.82, 2.24) is 10.3 Å². The maximum atomic E-state index is 5.96. The summed E-state index contributed by atoms with van der Waals surface area (Å²) in [6, 6.07) is 8.11. The Morgan fingerprint density at radius 1 is 1.35 bits per heavy atom. The van der Waals surface area contributed by atoms with E-state index in [0.717, 1.165) is 31.1 Å². The number of hydrogen-bond donors (Lipinski definition) is 1. The van der Waals surface area contributed by atoms with Gasteiger partial charge in [-0.3, -0.25) is 4.98 Å². The lowest BCUT2D eigenvalue weighted by Crippen LogP contribution is -2.26. The molecule has 0 spiro atoms. The second-order valence-electron chi connectivity index (χ2n) is 4.62. The molecule has 108 valence electrons. The van der Waals surface area contributed by atoms with Gasteiger partial charge in [-0.05, 0) is 24.1 Å². The zero-order valence-electron chi connectivity index (χ0n) is 11.5. The summed E-state index contributed by atoms with van der Waals surface area (Å²) in [7, 11) is 1.72. The molecule has 1 aromatic heterocycles. The standard InChI is InChI=1S/C15H19ClN2OS/c1-19-7-6-17-9-13(8-15-10-18-11-20-15)12-2-4-14(16)5-3-12/h2-5,10-11,13,17H,6-9H2,1H3. The van der Waals surface area contributed by atoms with E-state index in [2.05, 4.69) is 22.4 Å². The van der Waals surface area contributed by atoms with Crippen LogP contribution in [0.15, 0.2) is 36.0 Å². The molecule has 0 fully saturated rings. The van der Waals surface area contributed by atoms with E-state index in [0.29, 0.717) is 5.92 Å². The minimum absolute atomic E-state index is 0.421. The van der Waals surface area contributed by atoms with Crippen LogP contribution in [0.2, 0.25) is 5.02 Å². The lowest BCUT2D eigenvalue weighted by molar-refractivity contribution is 0.199. The maximum Gasteiger partial charge on any atom is 0.0794 e. The third-order valence-corrected chi connectivity index (χ3v) is 4.20. The Morgan fingerprint density at radius 2 is 2.15 bits per heavy atom. The van der Waals surface area contributed by atoms with Gasteiger partial charge >= 0.3 is 0 Å². The van der Waals surface area contributed by atoms with Crippen LogP contribution in [0.1, 0.15) is 16.4 Å². The highest BCUT2D eigenvalue weighted by atomic mass is 35.5. The van der Waals surface area contributed by atoms with Gasteiger partial charge in [0.15, 0.2) is 0 Å². The molecule has 0 radical (unpaired) electrons. The number of ether oxygens (including phenoxy) is 1. The highest BCUT2D eigenvalue weighted by Crippen LogP contribution is 2.23. The molecule has 0 bridgehead atoms. The van der Waals surface area contributed by atoms with E-state index in [-0.39, 0.29) is 0 Å². The van der Waals surface area contributed by atoms with E-state index in [9.17, 15) is 0 Å². The van der Waals surface area contributed by atoms with Crippen molar-refractivity contribution in [1.29, 1.82) is 0 Å². The van der Waals surface area contributed by atoms with E-state index in [1.807, 2.05) is 23.8 Å². The van der Waals surface area contributed by atoms with Gasteiger partial charge in [-0.25, -0.2) is 0 Å². The SMILES string of the molecule is COCCNCC(Cc1cncs1)c1ccc(Cl)cc1. The van der Waals surface area contributed by atoms with Gasteiger partial charge in [0.05, 0.1) is 12.1 Å². The summed E-state index contributed by atoms with van der Waals surface area (Å²) in [4.78, 5) is 5.45. The van der Waals surface area contributed by atoms with Crippen LogP contribution in [-0.4, -0.2) is 31.8 Å². The van der Waals surface area contributed by atoms with Crippen molar-refractivity contribution in [3.05, 3.63) is 51.4 Å². The van der Waals surface area contributed by atoms with Crippen molar-refractivity contribution in [2.75, 3.05) is 26.8 Å². The summed E-state index contributed by atoms with van der Waals surface area (Å²) in [6.45, 7) is 2.51. The molecule has 0 saturated carbocycles. The zero-order valence-corrected chi connectivity index (χ0v) is 13.1. The second-order valence-corrected chi connectivity index (χ2v) is 6.02. The molecule has 0 aliphatic rings. The van der Waals surface area contributed by atoms with Crippen LogP contribution in [0.25, 0.3) is 0 Å². The third kappa shape index (κ3) is 4.87. The van der Waals surface area contributed by atoms with Crippen molar-refractivity contribution in [2.24, 2.45) is 0 Å². The number of benzene rings is 1.